The fraction of sp³-hybridized carbons (Fsp3) is 0.231. The Morgan fingerprint density at radius 2 is 1.44 bits per heavy atom. The summed E-state index contributed by atoms with van der Waals surface area (Å²) in [6.45, 7) is 3.88. The Labute approximate surface area is 184 Å². The quantitative estimate of drug-likeness (QED) is 0.353. The molecule has 32 heavy (non-hydrogen) atoms. The average Bonchev–Trinajstić information content (AvgIpc) is 3.06. The first-order chi connectivity index (χ1) is 15.4. The van der Waals surface area contributed by atoms with Crippen LogP contribution in [0.25, 0.3) is 0 Å². The van der Waals surface area contributed by atoms with Gasteiger partial charge in [-0.3, -0.25) is 19.7 Å². The van der Waals surface area contributed by atoms with Gasteiger partial charge in [0.25, 0.3) is 5.54 Å². The highest BCUT2D eigenvalue weighted by molar-refractivity contribution is 6.23. The van der Waals surface area contributed by atoms with E-state index >= 15 is 0 Å². The van der Waals surface area contributed by atoms with Gasteiger partial charge in [0.15, 0.2) is 0 Å². The molecule has 2 amide bonds. The summed E-state index contributed by atoms with van der Waals surface area (Å²) in [5.74, 6) is -3.12. The first-order valence-corrected chi connectivity index (χ1v) is 10.7. The van der Waals surface area contributed by atoms with Crippen LogP contribution in [-0.2, 0) is 15.1 Å². The summed E-state index contributed by atoms with van der Waals surface area (Å²) in [5, 5.41) is 12.9. The van der Waals surface area contributed by atoms with Gasteiger partial charge in [-0.2, -0.15) is 0 Å². The molecule has 6 heteroatoms. The summed E-state index contributed by atoms with van der Waals surface area (Å²) in [5.41, 5.74) is 3.29. The fourth-order valence-electron chi connectivity index (χ4n) is 6.16. The normalized spacial score (nSPS) is 27.2. The third kappa shape index (κ3) is 2.00. The van der Waals surface area contributed by atoms with E-state index in [0.717, 1.165) is 22.3 Å². The van der Waals surface area contributed by atoms with Gasteiger partial charge in [0.05, 0.1) is 11.6 Å². The lowest BCUT2D eigenvalue weighted by Gasteiger charge is -2.48. The molecular weight excluding hydrogens is 404 g/mol. The van der Waals surface area contributed by atoms with Crippen LogP contribution in [0.15, 0.2) is 66.7 Å². The van der Waals surface area contributed by atoms with Gasteiger partial charge in [-0.05, 0) is 48.2 Å². The number of hydrogen-bond donors (Lipinski definition) is 0. The van der Waals surface area contributed by atoms with Crippen molar-refractivity contribution < 1.29 is 14.5 Å². The fourth-order valence-corrected chi connectivity index (χ4v) is 6.16. The van der Waals surface area contributed by atoms with Gasteiger partial charge in [0, 0.05) is 22.0 Å². The van der Waals surface area contributed by atoms with Gasteiger partial charge in [-0.25, -0.2) is 4.90 Å². The maximum Gasteiger partial charge on any atom is 0.285 e. The molecule has 0 radical (unpaired) electrons. The minimum Gasteiger partial charge on any atom is -0.274 e. The Kier molecular flexibility index (Phi) is 3.62. The second-order valence-electron chi connectivity index (χ2n) is 8.96. The number of rotatable bonds is 2. The van der Waals surface area contributed by atoms with E-state index in [-0.39, 0.29) is 16.7 Å². The van der Waals surface area contributed by atoms with Crippen LogP contribution in [0, 0.1) is 35.8 Å². The molecule has 0 N–H and O–H groups in total. The molecule has 2 bridgehead atoms. The van der Waals surface area contributed by atoms with E-state index in [0.29, 0.717) is 16.8 Å². The van der Waals surface area contributed by atoms with Crippen LogP contribution in [0.5, 0.6) is 0 Å². The van der Waals surface area contributed by atoms with Gasteiger partial charge in [0.2, 0.25) is 11.8 Å². The second kappa shape index (κ2) is 6.13. The van der Waals surface area contributed by atoms with Gasteiger partial charge in [-0.15, -0.1) is 0 Å². The third-order valence-electron chi connectivity index (χ3n) is 7.61. The van der Waals surface area contributed by atoms with Crippen LogP contribution >= 0.6 is 0 Å². The molecule has 1 aliphatic heterocycles. The summed E-state index contributed by atoms with van der Waals surface area (Å²) in [7, 11) is 0. The number of amides is 2. The van der Waals surface area contributed by atoms with Crippen LogP contribution in [0.4, 0.5) is 5.69 Å². The molecule has 1 fully saturated rings. The number of imide groups is 1. The van der Waals surface area contributed by atoms with Crippen LogP contribution in [0.1, 0.15) is 39.3 Å². The van der Waals surface area contributed by atoms with Crippen LogP contribution in [0.3, 0.4) is 0 Å². The number of carbonyl (C=O) groups excluding carboxylic acids is 2. The molecule has 0 saturated carbocycles. The van der Waals surface area contributed by atoms with E-state index in [9.17, 15) is 19.7 Å². The van der Waals surface area contributed by atoms with Gasteiger partial charge < -0.3 is 0 Å². The number of anilines is 1. The van der Waals surface area contributed by atoms with Crippen LogP contribution in [0.2, 0.25) is 0 Å². The number of aryl methyl sites for hydroxylation is 2. The van der Waals surface area contributed by atoms with Crippen molar-refractivity contribution >= 4 is 17.5 Å². The van der Waals surface area contributed by atoms with E-state index in [1.54, 1.807) is 30.3 Å². The number of nitro groups is 1. The highest BCUT2D eigenvalue weighted by Crippen LogP contribution is 2.64. The average molecular weight is 424 g/mol. The molecular formula is C26H20N2O4. The van der Waals surface area contributed by atoms with Crippen molar-refractivity contribution in [2.24, 2.45) is 11.8 Å². The molecule has 1 saturated heterocycles. The zero-order chi connectivity index (χ0) is 22.4. The molecule has 1 heterocycles. The largest absolute Gasteiger partial charge is 0.285 e. The third-order valence-corrected chi connectivity index (χ3v) is 7.61. The molecule has 0 aromatic heterocycles. The molecule has 0 spiro atoms. The molecule has 158 valence electrons. The van der Waals surface area contributed by atoms with E-state index < -0.39 is 23.3 Å². The molecule has 3 aliphatic carbocycles. The van der Waals surface area contributed by atoms with Crippen molar-refractivity contribution in [3.05, 3.63) is 110 Å². The monoisotopic (exact) mass is 424 g/mol. The first kappa shape index (κ1) is 18.9. The first-order valence-electron chi connectivity index (χ1n) is 10.7. The van der Waals surface area contributed by atoms with Gasteiger partial charge in [0.1, 0.15) is 5.92 Å². The summed E-state index contributed by atoms with van der Waals surface area (Å²) >= 11 is 0. The maximum absolute atomic E-state index is 13.9. The molecule has 0 unspecified atom stereocenters. The Bertz CT molecular complexity index is 1310. The van der Waals surface area contributed by atoms with Crippen LogP contribution < -0.4 is 4.90 Å². The Hall–Kier alpha value is -3.80. The number of carbonyl (C=O) groups is 2. The topological polar surface area (TPSA) is 80.5 Å². The number of nitrogens with zero attached hydrogens (tertiary/aromatic N) is 2. The van der Waals surface area contributed by atoms with Crippen molar-refractivity contribution in [2.45, 2.75) is 25.3 Å². The molecule has 6 nitrogen and oxygen atoms in total. The summed E-state index contributed by atoms with van der Waals surface area (Å²) in [6, 6.07) is 19.9. The zero-order valence-corrected chi connectivity index (χ0v) is 17.6. The summed E-state index contributed by atoms with van der Waals surface area (Å²) in [6.07, 6.45) is 0. The standard InChI is InChI=1S/C26H20N2O4/c1-14-11-12-16(13-15(14)2)27-24(29)22-21-17-7-3-5-9-19(17)26(28(31)32,23(22)25(27)30)20-10-6-4-8-18(20)21/h3-13,21-23H,1-2H3/t21?,22-,23-,26?/m1/s1. The Morgan fingerprint density at radius 1 is 0.844 bits per heavy atom. The van der Waals surface area contributed by atoms with Crippen molar-refractivity contribution in [2.75, 3.05) is 4.90 Å². The van der Waals surface area contributed by atoms with Crippen molar-refractivity contribution in [3.63, 3.8) is 0 Å². The lowest BCUT2D eigenvalue weighted by molar-refractivity contribution is -0.578. The summed E-state index contributed by atoms with van der Waals surface area (Å²) in [4.78, 5) is 41.4. The molecule has 3 aromatic carbocycles. The van der Waals surface area contributed by atoms with E-state index in [1.807, 2.05) is 50.2 Å². The van der Waals surface area contributed by atoms with E-state index in [4.69, 9.17) is 0 Å². The molecule has 3 aromatic rings. The SMILES string of the molecule is Cc1ccc(N2C(=O)[C@@H]3C4c5ccccc5C([N+](=O)[O-])(c5ccccc54)[C@H]3C2=O)cc1C. The van der Waals surface area contributed by atoms with Crippen LogP contribution in [-0.4, -0.2) is 16.7 Å². The molecule has 2 atom stereocenters. The van der Waals surface area contributed by atoms with Crippen molar-refractivity contribution in [1.82, 2.24) is 0 Å². The highest BCUT2D eigenvalue weighted by atomic mass is 16.6. The smallest absolute Gasteiger partial charge is 0.274 e. The van der Waals surface area contributed by atoms with E-state index in [1.165, 1.54) is 4.90 Å². The van der Waals surface area contributed by atoms with E-state index in [2.05, 4.69) is 0 Å². The lowest BCUT2D eigenvalue weighted by Crippen LogP contribution is -2.57. The van der Waals surface area contributed by atoms with Gasteiger partial charge >= 0.3 is 0 Å². The minimum atomic E-state index is -1.78. The second-order valence-corrected chi connectivity index (χ2v) is 8.96. The zero-order valence-electron chi connectivity index (χ0n) is 17.6. The predicted octanol–water partition coefficient (Wildman–Crippen LogP) is 4.09. The number of benzene rings is 3. The van der Waals surface area contributed by atoms with Gasteiger partial charge in [-0.1, -0.05) is 54.6 Å². The van der Waals surface area contributed by atoms with Crippen molar-refractivity contribution in [3.8, 4) is 0 Å². The predicted molar refractivity (Wildman–Crippen MR) is 118 cm³/mol. The minimum absolute atomic E-state index is 0.340. The highest BCUT2D eigenvalue weighted by Gasteiger charge is 2.74. The molecule has 4 aliphatic rings. The lowest BCUT2D eigenvalue weighted by atomic mass is 9.51. The summed E-state index contributed by atoms with van der Waals surface area (Å²) < 4.78 is 0. The molecule has 7 rings (SSSR count). The Morgan fingerprint density at radius 3 is 2.00 bits per heavy atom. The van der Waals surface area contributed by atoms with Crippen molar-refractivity contribution in [1.29, 1.82) is 0 Å². The Balaban J connectivity index is 1.66. The maximum atomic E-state index is 13.9. The number of hydrogen-bond acceptors (Lipinski definition) is 4.